The van der Waals surface area contributed by atoms with E-state index in [0.717, 1.165) is 36.8 Å². The van der Waals surface area contributed by atoms with Crippen LogP contribution in [0.3, 0.4) is 0 Å². The summed E-state index contributed by atoms with van der Waals surface area (Å²) in [6.45, 7) is 1.69. The third kappa shape index (κ3) is 1.88. The van der Waals surface area contributed by atoms with Gasteiger partial charge in [0.2, 0.25) is 0 Å². The molecule has 3 rings (SSSR count). The molecule has 0 bridgehead atoms. The molecule has 4 heteroatoms. The van der Waals surface area contributed by atoms with Gasteiger partial charge in [0, 0.05) is 5.56 Å². The van der Waals surface area contributed by atoms with Crippen LogP contribution in [0.1, 0.15) is 39.9 Å². The second-order valence-corrected chi connectivity index (χ2v) is 5.23. The molecule has 2 aromatic rings. The molecule has 1 aromatic heterocycles. The van der Waals surface area contributed by atoms with E-state index in [-0.39, 0.29) is 17.1 Å². The summed E-state index contributed by atoms with van der Waals surface area (Å²) in [6, 6.07) is 3.72. The van der Waals surface area contributed by atoms with Gasteiger partial charge in [0.15, 0.2) is 5.76 Å². The number of aryl methyl sites for hydroxylation is 2. The van der Waals surface area contributed by atoms with Crippen molar-refractivity contribution >= 4 is 5.97 Å². The summed E-state index contributed by atoms with van der Waals surface area (Å²) in [5.74, 6) is -0.636. The number of phenolic OH excluding ortho intramolecular Hbond substituents is 1. The Kier molecular flexibility index (Phi) is 3.01. The largest absolute Gasteiger partial charge is 0.507 e. The highest BCUT2D eigenvalue weighted by Crippen LogP contribution is 2.40. The van der Waals surface area contributed by atoms with E-state index in [1.807, 2.05) is 6.07 Å². The summed E-state index contributed by atoms with van der Waals surface area (Å²) in [6.07, 6.45) is 5.39. The Morgan fingerprint density at radius 2 is 2.00 bits per heavy atom. The average molecular weight is 272 g/mol. The first-order chi connectivity index (χ1) is 9.59. The molecule has 1 heterocycles. The summed E-state index contributed by atoms with van der Waals surface area (Å²) in [4.78, 5) is 11.3. The van der Waals surface area contributed by atoms with E-state index in [4.69, 9.17) is 4.42 Å². The van der Waals surface area contributed by atoms with Crippen molar-refractivity contribution in [3.8, 4) is 17.1 Å². The Labute approximate surface area is 116 Å². The highest BCUT2D eigenvalue weighted by molar-refractivity contribution is 5.97. The van der Waals surface area contributed by atoms with E-state index < -0.39 is 5.97 Å². The fourth-order valence-corrected chi connectivity index (χ4v) is 2.90. The van der Waals surface area contributed by atoms with Crippen molar-refractivity contribution < 1.29 is 19.4 Å². The van der Waals surface area contributed by atoms with Crippen LogP contribution < -0.4 is 0 Å². The molecule has 0 fully saturated rings. The maximum absolute atomic E-state index is 11.3. The predicted octanol–water partition coefficient (Wildman–Crippen LogP) is 3.54. The fourth-order valence-electron chi connectivity index (χ4n) is 2.90. The van der Waals surface area contributed by atoms with E-state index in [9.17, 15) is 15.0 Å². The van der Waals surface area contributed by atoms with Crippen LogP contribution in [0.5, 0.6) is 5.75 Å². The van der Waals surface area contributed by atoms with Crippen molar-refractivity contribution in [2.24, 2.45) is 0 Å². The molecule has 2 N–H and O–H groups in total. The molecule has 1 aliphatic carbocycles. The number of carboxylic acid groups (broad SMARTS) is 1. The Balaban J connectivity index is 2.19. The topological polar surface area (TPSA) is 70.7 Å². The van der Waals surface area contributed by atoms with Crippen molar-refractivity contribution in [3.63, 3.8) is 0 Å². The molecule has 0 spiro atoms. The zero-order chi connectivity index (χ0) is 14.3. The van der Waals surface area contributed by atoms with E-state index >= 15 is 0 Å². The number of aromatic hydroxyl groups is 1. The molecule has 0 radical (unpaired) electrons. The molecule has 1 aromatic carbocycles. The van der Waals surface area contributed by atoms with Crippen molar-refractivity contribution in [1.82, 2.24) is 0 Å². The number of carboxylic acids is 1. The molecule has 0 amide bonds. The molecule has 0 aliphatic heterocycles. The van der Waals surface area contributed by atoms with Crippen molar-refractivity contribution in [2.45, 2.75) is 32.6 Å². The molecule has 20 heavy (non-hydrogen) atoms. The van der Waals surface area contributed by atoms with E-state index in [1.165, 1.54) is 6.26 Å². The standard InChI is InChI=1S/C16H16O4/c1-9-8-20-15(13(9)16(18)19)12-7-6-10-4-2-3-5-11(10)14(12)17/h6-8,17H,2-5H2,1H3,(H,18,19). The Morgan fingerprint density at radius 3 is 2.75 bits per heavy atom. The fraction of sp³-hybridized carbons (Fsp3) is 0.312. The number of rotatable bonds is 2. The van der Waals surface area contributed by atoms with Crippen LogP contribution in [0.2, 0.25) is 0 Å². The first-order valence-electron chi connectivity index (χ1n) is 6.75. The number of carbonyl (C=O) groups is 1. The van der Waals surface area contributed by atoms with E-state index in [1.54, 1.807) is 13.0 Å². The first kappa shape index (κ1) is 12.8. The van der Waals surface area contributed by atoms with Gasteiger partial charge in [-0.05, 0) is 49.8 Å². The first-order valence-corrected chi connectivity index (χ1v) is 6.75. The van der Waals surface area contributed by atoms with Gasteiger partial charge in [0.25, 0.3) is 0 Å². The number of hydrogen-bond acceptors (Lipinski definition) is 3. The number of benzene rings is 1. The molecular weight excluding hydrogens is 256 g/mol. The van der Waals surface area contributed by atoms with Crippen molar-refractivity contribution in [2.75, 3.05) is 0 Å². The van der Waals surface area contributed by atoms with Crippen molar-refractivity contribution in [1.29, 1.82) is 0 Å². The van der Waals surface area contributed by atoms with Gasteiger partial charge in [-0.15, -0.1) is 0 Å². The number of hydrogen-bond donors (Lipinski definition) is 2. The normalized spacial score (nSPS) is 14.1. The van der Waals surface area contributed by atoms with E-state index in [0.29, 0.717) is 11.1 Å². The number of aromatic carboxylic acids is 1. The van der Waals surface area contributed by atoms with Gasteiger partial charge < -0.3 is 14.6 Å². The van der Waals surface area contributed by atoms with Gasteiger partial charge in [-0.25, -0.2) is 4.79 Å². The zero-order valence-corrected chi connectivity index (χ0v) is 11.3. The predicted molar refractivity (Wildman–Crippen MR) is 74.1 cm³/mol. The molecule has 0 saturated heterocycles. The highest BCUT2D eigenvalue weighted by atomic mass is 16.4. The third-order valence-corrected chi connectivity index (χ3v) is 3.94. The van der Waals surface area contributed by atoms with Gasteiger partial charge in [0.05, 0.1) is 11.8 Å². The molecule has 0 atom stereocenters. The van der Waals surface area contributed by atoms with Gasteiger partial charge in [0.1, 0.15) is 11.3 Å². The maximum Gasteiger partial charge on any atom is 0.339 e. The average Bonchev–Trinajstić information content (AvgIpc) is 2.81. The number of furan rings is 1. The molecule has 0 saturated carbocycles. The van der Waals surface area contributed by atoms with Crippen LogP contribution in [0.4, 0.5) is 0 Å². The summed E-state index contributed by atoms with van der Waals surface area (Å²) in [7, 11) is 0. The Bertz CT molecular complexity index is 682. The molecule has 1 aliphatic rings. The van der Waals surface area contributed by atoms with Gasteiger partial charge in [-0.3, -0.25) is 0 Å². The Morgan fingerprint density at radius 1 is 1.25 bits per heavy atom. The minimum Gasteiger partial charge on any atom is -0.507 e. The smallest absolute Gasteiger partial charge is 0.339 e. The van der Waals surface area contributed by atoms with E-state index in [2.05, 4.69) is 0 Å². The van der Waals surface area contributed by atoms with Crippen LogP contribution in [0, 0.1) is 6.92 Å². The molecular formula is C16H16O4. The molecule has 0 unspecified atom stereocenters. The van der Waals surface area contributed by atoms with Gasteiger partial charge in [-0.1, -0.05) is 6.07 Å². The maximum atomic E-state index is 11.3. The second kappa shape index (κ2) is 4.71. The summed E-state index contributed by atoms with van der Waals surface area (Å²) in [5, 5.41) is 19.7. The quantitative estimate of drug-likeness (QED) is 0.877. The van der Waals surface area contributed by atoms with Gasteiger partial charge >= 0.3 is 5.97 Å². The molecule has 4 nitrogen and oxygen atoms in total. The lowest BCUT2D eigenvalue weighted by molar-refractivity contribution is 0.0696. The minimum atomic E-state index is -1.04. The minimum absolute atomic E-state index is 0.121. The summed E-state index contributed by atoms with van der Waals surface area (Å²) < 4.78 is 5.37. The lowest BCUT2D eigenvalue weighted by Gasteiger charge is -2.18. The lowest BCUT2D eigenvalue weighted by atomic mass is 9.88. The van der Waals surface area contributed by atoms with Crippen LogP contribution in [0.15, 0.2) is 22.8 Å². The number of fused-ring (bicyclic) bond motifs is 1. The Hall–Kier alpha value is -2.23. The van der Waals surface area contributed by atoms with Crippen LogP contribution in [0.25, 0.3) is 11.3 Å². The van der Waals surface area contributed by atoms with Crippen LogP contribution >= 0.6 is 0 Å². The lowest BCUT2D eigenvalue weighted by Crippen LogP contribution is -2.04. The van der Waals surface area contributed by atoms with Crippen molar-refractivity contribution in [3.05, 3.63) is 40.6 Å². The monoisotopic (exact) mass is 272 g/mol. The van der Waals surface area contributed by atoms with Crippen LogP contribution in [-0.4, -0.2) is 16.2 Å². The zero-order valence-electron chi connectivity index (χ0n) is 11.3. The summed E-state index contributed by atoms with van der Waals surface area (Å²) in [5.41, 5.74) is 3.23. The number of phenols is 1. The summed E-state index contributed by atoms with van der Waals surface area (Å²) >= 11 is 0. The second-order valence-electron chi connectivity index (χ2n) is 5.23. The SMILES string of the molecule is Cc1coc(-c2ccc3c(c2O)CCCC3)c1C(=O)O. The van der Waals surface area contributed by atoms with Crippen LogP contribution in [-0.2, 0) is 12.8 Å². The van der Waals surface area contributed by atoms with Gasteiger partial charge in [-0.2, -0.15) is 0 Å². The third-order valence-electron chi connectivity index (χ3n) is 3.94. The molecule has 104 valence electrons. The highest BCUT2D eigenvalue weighted by Gasteiger charge is 2.24.